The van der Waals surface area contributed by atoms with Crippen LogP contribution in [0.5, 0.6) is 0 Å². The van der Waals surface area contributed by atoms with E-state index in [0.717, 1.165) is 54.4 Å². The molecule has 0 bridgehead atoms. The van der Waals surface area contributed by atoms with Crippen LogP contribution < -0.4 is 5.32 Å². The second-order valence-corrected chi connectivity index (χ2v) is 8.85. The first-order valence-corrected chi connectivity index (χ1v) is 11.4. The summed E-state index contributed by atoms with van der Waals surface area (Å²) in [6.07, 6.45) is 6.43. The van der Waals surface area contributed by atoms with E-state index in [1.807, 2.05) is 65.2 Å². The highest BCUT2D eigenvalue weighted by Crippen LogP contribution is 2.27. The molecule has 3 aromatic rings. The first kappa shape index (κ1) is 22.1. The number of urea groups is 1. The van der Waals surface area contributed by atoms with Gasteiger partial charge in [0, 0.05) is 30.0 Å². The zero-order valence-corrected chi connectivity index (χ0v) is 19.3. The molecule has 0 radical (unpaired) electrons. The Balaban J connectivity index is 1.41. The molecule has 0 saturated heterocycles. The van der Waals surface area contributed by atoms with Crippen molar-refractivity contribution in [2.75, 3.05) is 26.0 Å². The number of hydrogen-bond acceptors (Lipinski definition) is 4. The number of carbonyl (C=O) groups is 1. The number of amides is 2. The summed E-state index contributed by atoms with van der Waals surface area (Å²) >= 11 is 0. The van der Waals surface area contributed by atoms with Gasteiger partial charge in [-0.1, -0.05) is 25.0 Å². The number of furan rings is 1. The Kier molecular flexibility index (Phi) is 6.95. The Bertz CT molecular complexity index is 1020. The number of carbonyl (C=O) groups excluding carboxylic acids is 1. The third kappa shape index (κ3) is 5.59. The van der Waals surface area contributed by atoms with Crippen molar-refractivity contribution in [3.63, 3.8) is 0 Å². The Morgan fingerprint density at radius 1 is 1.12 bits per heavy atom. The van der Waals surface area contributed by atoms with Crippen molar-refractivity contribution in [1.29, 1.82) is 0 Å². The fraction of sp³-hybridized carbons (Fsp3) is 0.440. The number of aromatic nitrogens is 2. The monoisotopic (exact) mass is 435 g/mol. The molecule has 0 atom stereocenters. The number of nitrogens with zero attached hydrogens (tertiary/aromatic N) is 4. The Morgan fingerprint density at radius 2 is 1.88 bits per heavy atom. The molecule has 2 amide bonds. The molecule has 7 nitrogen and oxygen atoms in total. The van der Waals surface area contributed by atoms with E-state index in [9.17, 15) is 4.79 Å². The van der Waals surface area contributed by atoms with Crippen LogP contribution in [0.3, 0.4) is 0 Å². The van der Waals surface area contributed by atoms with Crippen molar-refractivity contribution in [2.24, 2.45) is 0 Å². The van der Waals surface area contributed by atoms with E-state index in [0.29, 0.717) is 6.54 Å². The van der Waals surface area contributed by atoms with Crippen LogP contribution in [-0.4, -0.2) is 52.3 Å². The summed E-state index contributed by atoms with van der Waals surface area (Å²) in [6.45, 7) is 4.22. The molecular weight excluding hydrogens is 402 g/mol. The molecule has 2 heterocycles. The zero-order valence-electron chi connectivity index (χ0n) is 19.3. The SMILES string of the molecule is Cc1ccc(CN(C(=O)Nc2ccc(-c3ccn(CCN(C)C)n3)cc2)C2CCCC2)o1. The Morgan fingerprint density at radius 3 is 2.53 bits per heavy atom. The van der Waals surface area contributed by atoms with Gasteiger partial charge in [0.25, 0.3) is 0 Å². The van der Waals surface area contributed by atoms with E-state index in [2.05, 4.69) is 29.4 Å². The van der Waals surface area contributed by atoms with Gasteiger partial charge in [-0.25, -0.2) is 4.79 Å². The molecular formula is C25H33N5O2. The molecule has 0 aliphatic heterocycles. The average molecular weight is 436 g/mol. The number of nitrogens with one attached hydrogen (secondary N) is 1. The van der Waals surface area contributed by atoms with Crippen molar-refractivity contribution in [3.8, 4) is 11.3 Å². The highest BCUT2D eigenvalue weighted by atomic mass is 16.3. The maximum Gasteiger partial charge on any atom is 0.322 e. The average Bonchev–Trinajstić information content (AvgIpc) is 3.53. The molecule has 1 N–H and O–H groups in total. The second-order valence-electron chi connectivity index (χ2n) is 8.85. The van der Waals surface area contributed by atoms with Gasteiger partial charge in [0.15, 0.2) is 0 Å². The molecule has 7 heteroatoms. The van der Waals surface area contributed by atoms with Crippen molar-refractivity contribution in [1.82, 2.24) is 19.6 Å². The maximum atomic E-state index is 13.1. The lowest BCUT2D eigenvalue weighted by atomic mass is 10.1. The van der Waals surface area contributed by atoms with Gasteiger partial charge < -0.3 is 19.5 Å². The van der Waals surface area contributed by atoms with Gasteiger partial charge in [0.2, 0.25) is 0 Å². The lowest BCUT2D eigenvalue weighted by molar-refractivity contribution is 0.178. The molecule has 32 heavy (non-hydrogen) atoms. The summed E-state index contributed by atoms with van der Waals surface area (Å²) in [5, 5.41) is 7.73. The number of anilines is 1. The van der Waals surface area contributed by atoms with Gasteiger partial charge in [-0.3, -0.25) is 4.68 Å². The highest BCUT2D eigenvalue weighted by Gasteiger charge is 2.27. The largest absolute Gasteiger partial charge is 0.464 e. The van der Waals surface area contributed by atoms with Gasteiger partial charge in [-0.2, -0.15) is 5.10 Å². The van der Waals surface area contributed by atoms with Crippen molar-refractivity contribution < 1.29 is 9.21 Å². The summed E-state index contributed by atoms with van der Waals surface area (Å²) in [5.74, 6) is 1.69. The molecule has 4 rings (SSSR count). The smallest absolute Gasteiger partial charge is 0.322 e. The van der Waals surface area contributed by atoms with Gasteiger partial charge in [-0.15, -0.1) is 0 Å². The summed E-state index contributed by atoms with van der Waals surface area (Å²) in [6, 6.07) is 14.0. The molecule has 1 aliphatic carbocycles. The molecule has 2 aromatic heterocycles. The molecule has 1 saturated carbocycles. The van der Waals surface area contributed by atoms with Crippen molar-refractivity contribution >= 4 is 11.7 Å². The predicted octanol–water partition coefficient (Wildman–Crippen LogP) is 4.99. The zero-order chi connectivity index (χ0) is 22.5. The van der Waals surface area contributed by atoms with E-state index in [4.69, 9.17) is 4.42 Å². The van der Waals surface area contributed by atoms with Crippen molar-refractivity contribution in [3.05, 3.63) is 60.2 Å². The predicted molar refractivity (Wildman–Crippen MR) is 126 cm³/mol. The van der Waals surface area contributed by atoms with Gasteiger partial charge in [0.1, 0.15) is 11.5 Å². The highest BCUT2D eigenvalue weighted by molar-refractivity contribution is 5.89. The minimum atomic E-state index is -0.0772. The number of likely N-dealkylation sites (N-methyl/N-ethyl adjacent to an activating group) is 1. The quantitative estimate of drug-likeness (QED) is 0.541. The number of rotatable bonds is 8. The fourth-order valence-corrected chi connectivity index (χ4v) is 4.18. The van der Waals surface area contributed by atoms with Crippen LogP contribution in [0.4, 0.5) is 10.5 Å². The first-order chi connectivity index (χ1) is 15.5. The fourth-order valence-electron chi connectivity index (χ4n) is 4.18. The van der Waals surface area contributed by atoms with Gasteiger partial charge in [-0.05, 0) is 64.2 Å². The van der Waals surface area contributed by atoms with Crippen LogP contribution >= 0.6 is 0 Å². The topological polar surface area (TPSA) is 66.5 Å². The molecule has 1 aromatic carbocycles. The summed E-state index contributed by atoms with van der Waals surface area (Å²) in [4.78, 5) is 17.2. The van der Waals surface area contributed by atoms with Crippen LogP contribution in [-0.2, 0) is 13.1 Å². The van der Waals surface area contributed by atoms with Crippen LogP contribution in [0, 0.1) is 6.92 Å². The lowest BCUT2D eigenvalue weighted by Gasteiger charge is -2.28. The minimum absolute atomic E-state index is 0.0772. The van der Waals surface area contributed by atoms with Crippen LogP contribution in [0.2, 0.25) is 0 Å². The minimum Gasteiger partial charge on any atom is -0.464 e. The number of aryl methyl sites for hydroxylation is 1. The molecule has 0 unspecified atom stereocenters. The molecule has 1 fully saturated rings. The van der Waals surface area contributed by atoms with Crippen LogP contribution in [0.15, 0.2) is 53.1 Å². The maximum absolute atomic E-state index is 13.1. The van der Waals surface area contributed by atoms with E-state index < -0.39 is 0 Å². The van der Waals surface area contributed by atoms with E-state index in [-0.39, 0.29) is 12.1 Å². The third-order valence-electron chi connectivity index (χ3n) is 6.00. The Labute approximate surface area is 190 Å². The van der Waals surface area contributed by atoms with Gasteiger partial charge in [0.05, 0.1) is 18.8 Å². The standard InChI is InChI=1S/C25H33N5O2/c1-19-8-13-23(32-19)18-30(22-6-4-5-7-22)25(31)26-21-11-9-20(10-12-21)24-14-15-29(27-24)17-16-28(2)3/h8-15,22H,4-7,16-18H2,1-3H3,(H,26,31). The van der Waals surface area contributed by atoms with Crippen LogP contribution in [0.1, 0.15) is 37.2 Å². The second kappa shape index (κ2) is 10.0. The molecule has 170 valence electrons. The van der Waals surface area contributed by atoms with E-state index in [1.165, 1.54) is 12.8 Å². The van der Waals surface area contributed by atoms with Crippen LogP contribution in [0.25, 0.3) is 11.3 Å². The van der Waals surface area contributed by atoms with E-state index in [1.54, 1.807) is 0 Å². The summed E-state index contributed by atoms with van der Waals surface area (Å²) in [7, 11) is 4.11. The molecule has 1 aliphatic rings. The van der Waals surface area contributed by atoms with Crippen molar-refractivity contribution in [2.45, 2.75) is 51.7 Å². The third-order valence-corrected chi connectivity index (χ3v) is 6.00. The normalized spacial score (nSPS) is 14.2. The summed E-state index contributed by atoms with van der Waals surface area (Å²) < 4.78 is 7.70. The Hall–Kier alpha value is -3.06. The van der Waals surface area contributed by atoms with Gasteiger partial charge >= 0.3 is 6.03 Å². The lowest BCUT2D eigenvalue weighted by Crippen LogP contribution is -2.41. The molecule has 0 spiro atoms. The number of hydrogen-bond donors (Lipinski definition) is 1. The number of benzene rings is 1. The van der Waals surface area contributed by atoms with E-state index >= 15 is 0 Å². The summed E-state index contributed by atoms with van der Waals surface area (Å²) in [5.41, 5.74) is 2.75. The first-order valence-electron chi connectivity index (χ1n) is 11.4.